The van der Waals surface area contributed by atoms with Gasteiger partial charge in [0.15, 0.2) is 0 Å². The number of rotatable bonds is 10. The van der Waals surface area contributed by atoms with Gasteiger partial charge in [-0.1, -0.05) is 17.7 Å². The van der Waals surface area contributed by atoms with E-state index in [1.165, 1.54) is 11.3 Å². The molecule has 0 saturated carbocycles. The second-order valence-electron chi connectivity index (χ2n) is 10.4. The number of halogens is 4. The molecule has 11 nitrogen and oxygen atoms in total. The standard InChI is InChI=1S/C31H29ClF3N7O4S/c32-22-2-1-3-24(15-22)39-30(45)38-23-6-4-20(5-7-23)29-37-25(19-47-29)17-41-10-12-42(13-11-41)18-28(44)40-36-16-21-14-26(8-9-27(21)43)46-31(33,34)35/h1-9,14-16,19,43H,10-13,17-18H2,(H,40,44)(H2,38,39,45)/b36-16+. The number of hydrogen-bond acceptors (Lipinski definition) is 9. The van der Waals surface area contributed by atoms with E-state index in [4.69, 9.17) is 16.6 Å². The molecule has 1 fully saturated rings. The van der Waals surface area contributed by atoms with Crippen LogP contribution in [0, 0.1) is 0 Å². The number of carbonyl (C=O) groups is 2. The molecule has 2 heterocycles. The van der Waals surface area contributed by atoms with Gasteiger partial charge in [0.1, 0.15) is 16.5 Å². The molecule has 16 heteroatoms. The number of nitrogens with zero attached hydrogens (tertiary/aromatic N) is 4. The molecule has 3 aromatic carbocycles. The Morgan fingerprint density at radius 3 is 2.45 bits per heavy atom. The minimum atomic E-state index is -4.87. The first kappa shape index (κ1) is 33.7. The second-order valence-corrected chi connectivity index (χ2v) is 11.7. The fraction of sp³-hybridized carbons (Fsp3) is 0.226. The Labute approximate surface area is 276 Å². The molecule has 1 aromatic heterocycles. The number of alkyl halides is 3. The summed E-state index contributed by atoms with van der Waals surface area (Å²) in [5.41, 5.74) is 5.37. The van der Waals surface area contributed by atoms with Gasteiger partial charge in [0.25, 0.3) is 5.91 Å². The third-order valence-electron chi connectivity index (χ3n) is 6.87. The van der Waals surface area contributed by atoms with Crippen molar-refractivity contribution in [2.24, 2.45) is 5.10 Å². The lowest BCUT2D eigenvalue weighted by atomic mass is 10.2. The predicted octanol–water partition coefficient (Wildman–Crippen LogP) is 5.98. The predicted molar refractivity (Wildman–Crippen MR) is 174 cm³/mol. The smallest absolute Gasteiger partial charge is 0.507 e. The fourth-order valence-corrected chi connectivity index (χ4v) is 5.66. The lowest BCUT2D eigenvalue weighted by Gasteiger charge is -2.33. The number of anilines is 2. The van der Waals surface area contributed by atoms with Crippen LogP contribution in [0.1, 0.15) is 11.3 Å². The average Bonchev–Trinajstić information content (AvgIpc) is 3.48. The van der Waals surface area contributed by atoms with Crippen LogP contribution in [-0.2, 0) is 11.3 Å². The molecule has 0 atom stereocenters. The number of amides is 3. The molecule has 1 saturated heterocycles. The van der Waals surface area contributed by atoms with Crippen LogP contribution in [0.2, 0.25) is 5.02 Å². The summed E-state index contributed by atoms with van der Waals surface area (Å²) < 4.78 is 41.2. The van der Waals surface area contributed by atoms with Crippen LogP contribution in [-0.4, -0.2) is 77.1 Å². The summed E-state index contributed by atoms with van der Waals surface area (Å²) >= 11 is 7.50. The SMILES string of the molecule is O=C(CN1CCN(Cc2csc(-c3ccc(NC(=O)Nc4cccc(Cl)c4)cc3)n2)CC1)N/N=C/c1cc(OC(F)(F)F)ccc1O. The summed E-state index contributed by atoms with van der Waals surface area (Å²) in [4.78, 5) is 33.7. The molecular weight excluding hydrogens is 659 g/mol. The van der Waals surface area contributed by atoms with Gasteiger partial charge in [0.05, 0.1) is 18.5 Å². The van der Waals surface area contributed by atoms with Crippen molar-refractivity contribution in [2.45, 2.75) is 12.9 Å². The van der Waals surface area contributed by atoms with Crippen LogP contribution in [0.5, 0.6) is 11.5 Å². The monoisotopic (exact) mass is 687 g/mol. The van der Waals surface area contributed by atoms with E-state index in [0.29, 0.717) is 36.0 Å². The Morgan fingerprint density at radius 2 is 1.72 bits per heavy atom. The zero-order chi connectivity index (χ0) is 33.4. The van der Waals surface area contributed by atoms with E-state index in [1.54, 1.807) is 24.3 Å². The minimum absolute atomic E-state index is 0.0464. The van der Waals surface area contributed by atoms with Gasteiger partial charge in [-0.25, -0.2) is 15.2 Å². The number of piperazine rings is 1. The van der Waals surface area contributed by atoms with E-state index in [9.17, 15) is 27.9 Å². The van der Waals surface area contributed by atoms with Crippen molar-refractivity contribution in [3.63, 3.8) is 0 Å². The van der Waals surface area contributed by atoms with Gasteiger partial charge in [0, 0.05) is 65.6 Å². The van der Waals surface area contributed by atoms with E-state index >= 15 is 0 Å². The van der Waals surface area contributed by atoms with E-state index in [0.717, 1.165) is 53.8 Å². The second kappa shape index (κ2) is 15.3. The van der Waals surface area contributed by atoms with Crippen LogP contribution < -0.4 is 20.8 Å². The first-order chi connectivity index (χ1) is 22.5. The number of phenolic OH excluding ortho intramolecular Hbond substituents is 1. The van der Waals surface area contributed by atoms with Crippen molar-refractivity contribution in [1.29, 1.82) is 0 Å². The van der Waals surface area contributed by atoms with Gasteiger partial charge in [-0.05, 0) is 60.7 Å². The van der Waals surface area contributed by atoms with Crippen molar-refractivity contribution < 1.29 is 32.6 Å². The maximum absolute atomic E-state index is 12.4. The average molecular weight is 688 g/mol. The number of hydrogen-bond donors (Lipinski definition) is 4. The minimum Gasteiger partial charge on any atom is -0.507 e. The summed E-state index contributed by atoms with van der Waals surface area (Å²) in [5.74, 6) is -1.23. The lowest BCUT2D eigenvalue weighted by molar-refractivity contribution is -0.274. The summed E-state index contributed by atoms with van der Waals surface area (Å²) in [5, 5.41) is 22.5. The van der Waals surface area contributed by atoms with E-state index < -0.39 is 18.0 Å². The molecule has 246 valence electrons. The molecule has 1 aliphatic heterocycles. The van der Waals surface area contributed by atoms with Crippen molar-refractivity contribution >= 4 is 52.5 Å². The van der Waals surface area contributed by atoms with Crippen LogP contribution >= 0.6 is 22.9 Å². The number of benzene rings is 3. The number of phenols is 1. The highest BCUT2D eigenvalue weighted by Gasteiger charge is 2.31. The Balaban J connectivity index is 1.03. The number of hydrazone groups is 1. The zero-order valence-corrected chi connectivity index (χ0v) is 26.2. The van der Waals surface area contributed by atoms with Gasteiger partial charge in [0.2, 0.25) is 0 Å². The molecule has 4 aromatic rings. The largest absolute Gasteiger partial charge is 0.573 e. The van der Waals surface area contributed by atoms with E-state index in [2.05, 4.69) is 30.8 Å². The normalized spacial score (nSPS) is 14.2. The van der Waals surface area contributed by atoms with Crippen LogP contribution in [0.3, 0.4) is 0 Å². The maximum Gasteiger partial charge on any atom is 0.573 e. The highest BCUT2D eigenvalue weighted by atomic mass is 35.5. The summed E-state index contributed by atoms with van der Waals surface area (Å²) in [7, 11) is 0. The highest BCUT2D eigenvalue weighted by molar-refractivity contribution is 7.13. The van der Waals surface area contributed by atoms with Gasteiger partial charge >= 0.3 is 12.4 Å². The zero-order valence-electron chi connectivity index (χ0n) is 24.6. The Kier molecular flexibility index (Phi) is 10.9. The molecule has 3 amide bonds. The summed E-state index contributed by atoms with van der Waals surface area (Å²) in [6.07, 6.45) is -3.83. The van der Waals surface area contributed by atoms with Gasteiger partial charge in [-0.2, -0.15) is 5.10 Å². The molecule has 4 N–H and O–H groups in total. The van der Waals surface area contributed by atoms with Crippen molar-refractivity contribution in [3.05, 3.63) is 88.4 Å². The van der Waals surface area contributed by atoms with E-state index in [-0.39, 0.29) is 23.9 Å². The summed E-state index contributed by atoms with van der Waals surface area (Å²) in [6.45, 7) is 3.48. The van der Waals surface area contributed by atoms with Gasteiger partial charge < -0.3 is 20.5 Å². The van der Waals surface area contributed by atoms with Crippen LogP contribution in [0.15, 0.2) is 77.2 Å². The molecule has 5 rings (SSSR count). The third-order valence-corrected chi connectivity index (χ3v) is 8.04. The Hall–Kier alpha value is -4.70. The van der Waals surface area contributed by atoms with Crippen LogP contribution in [0.4, 0.5) is 29.3 Å². The first-order valence-electron chi connectivity index (χ1n) is 14.2. The van der Waals surface area contributed by atoms with Crippen molar-refractivity contribution in [3.8, 4) is 22.1 Å². The number of thiazole rings is 1. The topological polar surface area (TPSA) is 131 Å². The molecular formula is C31H29ClF3N7O4S. The van der Waals surface area contributed by atoms with Crippen LogP contribution in [0.25, 0.3) is 10.6 Å². The number of ether oxygens (including phenoxy) is 1. The summed E-state index contributed by atoms with van der Waals surface area (Å²) in [6, 6.07) is 16.9. The lowest BCUT2D eigenvalue weighted by Crippen LogP contribution is -2.48. The van der Waals surface area contributed by atoms with Gasteiger partial charge in [-0.15, -0.1) is 24.5 Å². The molecule has 47 heavy (non-hydrogen) atoms. The molecule has 0 aliphatic carbocycles. The third kappa shape index (κ3) is 10.4. The number of urea groups is 1. The highest BCUT2D eigenvalue weighted by Crippen LogP contribution is 2.28. The number of carbonyl (C=O) groups excluding carboxylic acids is 2. The fourth-order valence-electron chi connectivity index (χ4n) is 4.65. The Bertz CT molecular complexity index is 1730. The van der Waals surface area contributed by atoms with Gasteiger partial charge in [-0.3, -0.25) is 14.6 Å². The maximum atomic E-state index is 12.4. The number of nitrogens with one attached hydrogen (secondary N) is 3. The molecule has 0 bridgehead atoms. The molecule has 0 radical (unpaired) electrons. The van der Waals surface area contributed by atoms with E-state index in [1.807, 2.05) is 34.5 Å². The van der Waals surface area contributed by atoms with Crippen molar-refractivity contribution in [2.75, 3.05) is 43.4 Å². The molecule has 0 unspecified atom stereocenters. The Morgan fingerprint density at radius 1 is 1.00 bits per heavy atom. The quantitative estimate of drug-likeness (QED) is 0.119. The van der Waals surface area contributed by atoms with Crippen molar-refractivity contribution in [1.82, 2.24) is 20.2 Å². The first-order valence-corrected chi connectivity index (χ1v) is 15.5. The molecule has 1 aliphatic rings. The molecule has 0 spiro atoms. The number of aromatic hydroxyl groups is 1. The number of aromatic nitrogens is 1.